The summed E-state index contributed by atoms with van der Waals surface area (Å²) in [6.45, 7) is 1.93. The van der Waals surface area contributed by atoms with Crippen molar-refractivity contribution in [3.63, 3.8) is 0 Å². The fourth-order valence-corrected chi connectivity index (χ4v) is 5.17. The van der Waals surface area contributed by atoms with Gasteiger partial charge in [-0.1, -0.05) is 37.2 Å². The van der Waals surface area contributed by atoms with Gasteiger partial charge >= 0.3 is 0 Å². The Morgan fingerprint density at radius 2 is 2.33 bits per heavy atom. The van der Waals surface area contributed by atoms with Crippen LogP contribution in [0.15, 0.2) is 14.1 Å². The third-order valence-corrected chi connectivity index (χ3v) is 6.81. The van der Waals surface area contributed by atoms with Gasteiger partial charge in [0, 0.05) is 0 Å². The first-order valence-electron chi connectivity index (χ1n) is 5.04. The van der Waals surface area contributed by atoms with Crippen molar-refractivity contribution >= 4 is 66.1 Å². The maximum Gasteiger partial charge on any atom is 0.250 e. The Kier molecular flexibility index (Phi) is 6.01. The summed E-state index contributed by atoms with van der Waals surface area (Å²) < 4.78 is 27.4. The van der Waals surface area contributed by atoms with Gasteiger partial charge in [-0.2, -0.15) is 0 Å². The summed E-state index contributed by atoms with van der Waals surface area (Å²) in [6.07, 6.45) is 1.34. The van der Waals surface area contributed by atoms with Gasteiger partial charge in [-0.05, 0) is 28.4 Å². The summed E-state index contributed by atoms with van der Waals surface area (Å²) >= 11 is 14.9. The van der Waals surface area contributed by atoms with Crippen LogP contribution in [0.4, 0.5) is 0 Å². The lowest BCUT2D eigenvalue weighted by atomic mass is 10.2. The van der Waals surface area contributed by atoms with Crippen LogP contribution < -0.4 is 10.5 Å². The topological polar surface area (TPSA) is 72.2 Å². The van der Waals surface area contributed by atoms with Crippen LogP contribution in [0.5, 0.6) is 0 Å². The van der Waals surface area contributed by atoms with E-state index >= 15 is 0 Å². The molecular weight excluding hydrogens is 380 g/mol. The van der Waals surface area contributed by atoms with Crippen LogP contribution in [0.25, 0.3) is 0 Å². The van der Waals surface area contributed by atoms with Gasteiger partial charge in [-0.25, -0.2) is 13.1 Å². The van der Waals surface area contributed by atoms with E-state index in [1.165, 1.54) is 6.07 Å². The van der Waals surface area contributed by atoms with E-state index in [1.54, 1.807) is 0 Å². The second-order valence-electron chi connectivity index (χ2n) is 3.55. The molecule has 0 aliphatic heterocycles. The summed E-state index contributed by atoms with van der Waals surface area (Å²) in [5, 5.41) is 0.364. The maximum absolute atomic E-state index is 12.1. The highest BCUT2D eigenvalue weighted by Gasteiger charge is 2.24. The fraction of sp³-hybridized carbons (Fsp3) is 0.444. The Labute approximate surface area is 129 Å². The van der Waals surface area contributed by atoms with Gasteiger partial charge in [0.05, 0.1) is 19.8 Å². The molecule has 4 nitrogen and oxygen atoms in total. The monoisotopic (exact) mass is 390 g/mol. The van der Waals surface area contributed by atoms with Crippen molar-refractivity contribution in [2.45, 2.75) is 30.0 Å². The Bertz CT molecular complexity index is 525. The molecule has 3 N–H and O–H groups in total. The van der Waals surface area contributed by atoms with Crippen molar-refractivity contribution in [3.8, 4) is 0 Å². The van der Waals surface area contributed by atoms with Crippen molar-refractivity contribution in [3.05, 3.63) is 14.9 Å². The number of nitrogens with one attached hydrogen (secondary N) is 1. The van der Waals surface area contributed by atoms with Crippen molar-refractivity contribution < 1.29 is 8.42 Å². The molecule has 1 unspecified atom stereocenters. The zero-order chi connectivity index (χ0) is 13.9. The number of halogens is 2. The molecule has 0 aliphatic carbocycles. The fourth-order valence-electron chi connectivity index (χ4n) is 1.25. The number of hydrogen-bond donors (Lipinski definition) is 2. The Morgan fingerprint density at radius 1 is 1.72 bits per heavy atom. The number of thiocarbonyl (C=S) groups is 1. The third kappa shape index (κ3) is 4.14. The molecule has 0 fully saturated rings. The molecule has 0 aromatic carbocycles. The molecule has 0 saturated carbocycles. The van der Waals surface area contributed by atoms with Crippen LogP contribution in [0.2, 0.25) is 5.02 Å². The lowest BCUT2D eigenvalue weighted by Gasteiger charge is -2.15. The molecule has 0 aliphatic rings. The standard InChI is InChI=1S/C9H12BrClN2O2S3/c1-2-3-6(9(12)16)13-18(14,15)7-4-5(11)8(10)17-7/h4,6,13H,2-3H2,1H3,(H2,12,16). The first-order chi connectivity index (χ1) is 8.27. The van der Waals surface area contributed by atoms with Gasteiger partial charge in [-0.3, -0.25) is 0 Å². The minimum absolute atomic E-state index is 0.136. The lowest BCUT2D eigenvalue weighted by molar-refractivity contribution is 0.569. The highest BCUT2D eigenvalue weighted by molar-refractivity contribution is 9.11. The van der Waals surface area contributed by atoms with E-state index < -0.39 is 16.1 Å². The number of thiophene rings is 1. The van der Waals surface area contributed by atoms with Crippen LogP contribution in [0.1, 0.15) is 19.8 Å². The minimum atomic E-state index is -3.64. The zero-order valence-corrected chi connectivity index (χ0v) is 14.2. The van der Waals surface area contributed by atoms with E-state index in [1.807, 2.05) is 6.92 Å². The molecule has 0 saturated heterocycles. The normalized spacial score (nSPS) is 13.5. The van der Waals surface area contributed by atoms with E-state index in [9.17, 15) is 8.42 Å². The molecule has 0 radical (unpaired) electrons. The van der Waals surface area contributed by atoms with Crippen LogP contribution in [-0.2, 0) is 10.0 Å². The summed E-state index contributed by atoms with van der Waals surface area (Å²) in [5.41, 5.74) is 5.52. The SMILES string of the molecule is CCCC(NS(=O)(=O)c1cc(Cl)c(Br)s1)C(N)=S. The Morgan fingerprint density at radius 3 is 2.72 bits per heavy atom. The molecule has 1 aromatic heterocycles. The number of rotatable bonds is 6. The molecule has 1 atom stereocenters. The predicted octanol–water partition coefficient (Wildman–Crippen LogP) is 2.90. The van der Waals surface area contributed by atoms with E-state index in [0.29, 0.717) is 15.2 Å². The molecule has 0 amide bonds. The van der Waals surface area contributed by atoms with E-state index in [-0.39, 0.29) is 9.20 Å². The van der Waals surface area contributed by atoms with Crippen molar-refractivity contribution in [1.82, 2.24) is 4.72 Å². The predicted molar refractivity (Wildman–Crippen MR) is 82.8 cm³/mol. The molecular formula is C9H12BrClN2O2S3. The van der Waals surface area contributed by atoms with Crippen molar-refractivity contribution in [2.24, 2.45) is 5.73 Å². The van der Waals surface area contributed by atoms with Crippen LogP contribution >= 0.6 is 51.1 Å². The summed E-state index contributed by atoms with van der Waals surface area (Å²) in [4.78, 5) is 0.141. The lowest BCUT2D eigenvalue weighted by Crippen LogP contribution is -2.43. The summed E-state index contributed by atoms with van der Waals surface area (Å²) in [7, 11) is -3.64. The van der Waals surface area contributed by atoms with Crippen LogP contribution in [0, 0.1) is 0 Å². The Balaban J connectivity index is 2.96. The average molecular weight is 392 g/mol. The number of nitrogens with two attached hydrogens (primary N) is 1. The highest BCUT2D eigenvalue weighted by Crippen LogP contribution is 2.34. The Hall–Kier alpha value is 0.270. The third-order valence-electron chi connectivity index (χ3n) is 2.11. The van der Waals surface area contributed by atoms with Crippen LogP contribution in [-0.4, -0.2) is 19.4 Å². The van der Waals surface area contributed by atoms with Gasteiger partial charge in [0.25, 0.3) is 10.0 Å². The maximum atomic E-state index is 12.1. The molecule has 1 rings (SSSR count). The molecule has 18 heavy (non-hydrogen) atoms. The number of hydrogen-bond acceptors (Lipinski definition) is 4. The first-order valence-corrected chi connectivity index (χ1v) is 8.92. The molecule has 0 bridgehead atoms. The summed E-state index contributed by atoms with van der Waals surface area (Å²) in [5.74, 6) is 0. The van der Waals surface area contributed by atoms with Crippen LogP contribution in [0.3, 0.4) is 0 Å². The molecule has 1 aromatic rings. The van der Waals surface area contributed by atoms with Crippen molar-refractivity contribution in [1.29, 1.82) is 0 Å². The van der Waals surface area contributed by atoms with Gasteiger partial charge in [0.1, 0.15) is 4.21 Å². The second-order valence-corrected chi connectivity index (χ2v) is 8.74. The zero-order valence-electron chi connectivity index (χ0n) is 9.44. The largest absolute Gasteiger partial charge is 0.392 e. The minimum Gasteiger partial charge on any atom is -0.392 e. The smallest absolute Gasteiger partial charge is 0.250 e. The highest BCUT2D eigenvalue weighted by atomic mass is 79.9. The molecule has 9 heteroatoms. The van der Waals surface area contributed by atoms with Gasteiger partial charge in [-0.15, -0.1) is 11.3 Å². The number of sulfonamides is 1. The molecule has 102 valence electrons. The van der Waals surface area contributed by atoms with Gasteiger partial charge in [0.2, 0.25) is 0 Å². The first kappa shape index (κ1) is 16.3. The van der Waals surface area contributed by atoms with E-state index in [2.05, 4.69) is 20.7 Å². The van der Waals surface area contributed by atoms with Gasteiger partial charge < -0.3 is 5.73 Å². The van der Waals surface area contributed by atoms with E-state index in [0.717, 1.165) is 17.8 Å². The average Bonchev–Trinajstić information content (AvgIpc) is 2.59. The van der Waals surface area contributed by atoms with E-state index in [4.69, 9.17) is 29.6 Å². The van der Waals surface area contributed by atoms with Gasteiger partial charge in [0.15, 0.2) is 0 Å². The summed E-state index contributed by atoms with van der Waals surface area (Å²) in [6, 6.07) is 0.857. The molecule has 0 spiro atoms. The second kappa shape index (κ2) is 6.62. The van der Waals surface area contributed by atoms with Crippen molar-refractivity contribution in [2.75, 3.05) is 0 Å². The molecule has 1 heterocycles. The quantitative estimate of drug-likeness (QED) is 0.731.